The van der Waals surface area contributed by atoms with Crippen molar-refractivity contribution in [2.45, 2.75) is 25.3 Å². The number of aliphatic carboxylic acids is 1. The van der Waals surface area contributed by atoms with Gasteiger partial charge in [0.1, 0.15) is 11.9 Å². The highest BCUT2D eigenvalue weighted by Gasteiger charge is 2.37. The molecular weight excluding hydrogens is 237 g/mol. The minimum absolute atomic E-state index is 0.0204. The minimum Gasteiger partial charge on any atom is -0.480 e. The van der Waals surface area contributed by atoms with E-state index >= 15 is 0 Å². The zero-order chi connectivity index (χ0) is 13.1. The molecular formula is C13H14FNO3. The number of carbonyl (C=O) groups is 2. The summed E-state index contributed by atoms with van der Waals surface area (Å²) in [4.78, 5) is 22.6. The first-order chi connectivity index (χ1) is 8.58. The standard InChI is InChI=1S/C13H14FNO3/c14-10-4-2-1-3-9(10)7-11(16)15-12(13(17)18)8-5-6-8/h1-4,8,12H,5-7H2,(H,15,16)(H,17,18). The molecule has 0 bridgehead atoms. The Kier molecular flexibility index (Phi) is 3.60. The van der Waals surface area contributed by atoms with Crippen molar-refractivity contribution in [1.82, 2.24) is 5.32 Å². The van der Waals surface area contributed by atoms with Gasteiger partial charge in [-0.05, 0) is 30.4 Å². The van der Waals surface area contributed by atoms with Gasteiger partial charge in [0, 0.05) is 0 Å². The molecule has 96 valence electrons. The number of amides is 1. The number of nitrogens with one attached hydrogen (secondary N) is 1. The molecule has 0 heterocycles. The number of benzene rings is 1. The first-order valence-electron chi connectivity index (χ1n) is 5.83. The second-order valence-electron chi connectivity index (χ2n) is 4.49. The van der Waals surface area contributed by atoms with Crippen LogP contribution in [0.3, 0.4) is 0 Å². The Balaban J connectivity index is 1.96. The van der Waals surface area contributed by atoms with E-state index < -0.39 is 23.7 Å². The lowest BCUT2D eigenvalue weighted by molar-refractivity contribution is -0.142. The van der Waals surface area contributed by atoms with E-state index in [2.05, 4.69) is 5.32 Å². The fourth-order valence-electron chi connectivity index (χ4n) is 1.85. The van der Waals surface area contributed by atoms with Crippen LogP contribution >= 0.6 is 0 Å². The highest BCUT2D eigenvalue weighted by molar-refractivity contribution is 5.85. The Bertz CT molecular complexity index is 471. The number of carbonyl (C=O) groups excluding carboxylic acids is 1. The summed E-state index contributed by atoms with van der Waals surface area (Å²) in [6.07, 6.45) is 1.50. The van der Waals surface area contributed by atoms with Crippen LogP contribution in [0.25, 0.3) is 0 Å². The van der Waals surface area contributed by atoms with Crippen LogP contribution in [0.2, 0.25) is 0 Å². The van der Waals surface area contributed by atoms with Gasteiger partial charge in [0.05, 0.1) is 6.42 Å². The number of hydrogen-bond donors (Lipinski definition) is 2. The summed E-state index contributed by atoms with van der Waals surface area (Å²) in [7, 11) is 0. The molecule has 1 amide bonds. The predicted octanol–water partition coefficient (Wildman–Crippen LogP) is 1.35. The molecule has 1 aliphatic carbocycles. The van der Waals surface area contributed by atoms with Crippen molar-refractivity contribution < 1.29 is 19.1 Å². The van der Waals surface area contributed by atoms with Crippen LogP contribution < -0.4 is 5.32 Å². The molecule has 1 saturated carbocycles. The molecule has 0 spiro atoms. The highest BCUT2D eigenvalue weighted by atomic mass is 19.1. The van der Waals surface area contributed by atoms with E-state index in [-0.39, 0.29) is 17.9 Å². The van der Waals surface area contributed by atoms with Gasteiger partial charge in [-0.2, -0.15) is 0 Å². The molecule has 2 rings (SSSR count). The highest BCUT2D eigenvalue weighted by Crippen LogP contribution is 2.32. The molecule has 0 aliphatic heterocycles. The van der Waals surface area contributed by atoms with Crippen LogP contribution in [0.4, 0.5) is 4.39 Å². The Labute approximate surface area is 104 Å². The normalized spacial score (nSPS) is 16.1. The summed E-state index contributed by atoms with van der Waals surface area (Å²) in [6, 6.07) is 5.13. The number of carboxylic acid groups (broad SMARTS) is 1. The van der Waals surface area contributed by atoms with Gasteiger partial charge in [-0.1, -0.05) is 18.2 Å². The second kappa shape index (κ2) is 5.16. The monoisotopic (exact) mass is 251 g/mol. The van der Waals surface area contributed by atoms with Crippen LogP contribution in [-0.2, 0) is 16.0 Å². The van der Waals surface area contributed by atoms with Crippen molar-refractivity contribution in [3.05, 3.63) is 35.6 Å². The Morgan fingerprint density at radius 3 is 2.61 bits per heavy atom. The first kappa shape index (κ1) is 12.5. The first-order valence-corrected chi connectivity index (χ1v) is 5.83. The van der Waals surface area contributed by atoms with Gasteiger partial charge in [0.25, 0.3) is 0 Å². The topological polar surface area (TPSA) is 66.4 Å². The molecule has 0 saturated heterocycles. The van der Waals surface area contributed by atoms with Crippen molar-refractivity contribution in [1.29, 1.82) is 0 Å². The van der Waals surface area contributed by atoms with E-state index in [0.717, 1.165) is 12.8 Å². The van der Waals surface area contributed by atoms with Gasteiger partial charge in [-0.25, -0.2) is 9.18 Å². The molecule has 0 radical (unpaired) electrons. The summed E-state index contributed by atoms with van der Waals surface area (Å²) in [5.74, 6) is -1.92. The average Bonchev–Trinajstić information content (AvgIpc) is 3.13. The smallest absolute Gasteiger partial charge is 0.326 e. The Morgan fingerprint density at radius 2 is 2.06 bits per heavy atom. The fraction of sp³-hybridized carbons (Fsp3) is 0.385. The number of halogens is 1. The maximum absolute atomic E-state index is 13.3. The van der Waals surface area contributed by atoms with Crippen LogP contribution in [0.15, 0.2) is 24.3 Å². The molecule has 1 atom stereocenters. The molecule has 1 aliphatic rings. The maximum atomic E-state index is 13.3. The van der Waals surface area contributed by atoms with E-state index in [1.54, 1.807) is 12.1 Å². The van der Waals surface area contributed by atoms with Crippen LogP contribution in [0.1, 0.15) is 18.4 Å². The lowest BCUT2D eigenvalue weighted by Crippen LogP contribution is -2.43. The summed E-state index contributed by atoms with van der Waals surface area (Å²) in [6.45, 7) is 0. The number of rotatable bonds is 5. The largest absolute Gasteiger partial charge is 0.480 e. The summed E-state index contributed by atoms with van der Waals surface area (Å²) in [5, 5.41) is 11.4. The molecule has 1 fully saturated rings. The number of carboxylic acids is 1. The maximum Gasteiger partial charge on any atom is 0.326 e. The van der Waals surface area contributed by atoms with Crippen molar-refractivity contribution in [2.75, 3.05) is 0 Å². The zero-order valence-corrected chi connectivity index (χ0v) is 9.73. The molecule has 1 unspecified atom stereocenters. The summed E-state index contributed by atoms with van der Waals surface area (Å²) >= 11 is 0. The van der Waals surface area contributed by atoms with Gasteiger partial charge < -0.3 is 10.4 Å². The molecule has 1 aromatic rings. The predicted molar refractivity (Wildman–Crippen MR) is 62.4 cm³/mol. The van der Waals surface area contributed by atoms with E-state index in [0.29, 0.717) is 0 Å². The van der Waals surface area contributed by atoms with Crippen molar-refractivity contribution >= 4 is 11.9 Å². The lowest BCUT2D eigenvalue weighted by atomic mass is 10.1. The van der Waals surface area contributed by atoms with Crippen molar-refractivity contribution in [3.8, 4) is 0 Å². The van der Waals surface area contributed by atoms with E-state index in [9.17, 15) is 14.0 Å². The lowest BCUT2D eigenvalue weighted by Gasteiger charge is -2.13. The summed E-state index contributed by atoms with van der Waals surface area (Å²) in [5.41, 5.74) is 0.273. The van der Waals surface area contributed by atoms with E-state index in [1.165, 1.54) is 12.1 Å². The third kappa shape index (κ3) is 3.06. The summed E-state index contributed by atoms with van der Waals surface area (Å²) < 4.78 is 13.3. The fourth-order valence-corrected chi connectivity index (χ4v) is 1.85. The van der Waals surface area contributed by atoms with Crippen LogP contribution in [0.5, 0.6) is 0 Å². The molecule has 4 nitrogen and oxygen atoms in total. The van der Waals surface area contributed by atoms with Crippen LogP contribution in [0, 0.1) is 11.7 Å². The quantitative estimate of drug-likeness (QED) is 0.830. The molecule has 2 N–H and O–H groups in total. The molecule has 1 aromatic carbocycles. The second-order valence-corrected chi connectivity index (χ2v) is 4.49. The molecule has 0 aromatic heterocycles. The Morgan fingerprint density at radius 1 is 1.39 bits per heavy atom. The van der Waals surface area contributed by atoms with Crippen molar-refractivity contribution in [3.63, 3.8) is 0 Å². The van der Waals surface area contributed by atoms with Gasteiger partial charge >= 0.3 is 5.97 Å². The van der Waals surface area contributed by atoms with Gasteiger partial charge in [-0.15, -0.1) is 0 Å². The average molecular weight is 251 g/mol. The van der Waals surface area contributed by atoms with Gasteiger partial charge in [0.2, 0.25) is 5.91 Å². The third-order valence-corrected chi connectivity index (χ3v) is 2.98. The van der Waals surface area contributed by atoms with Crippen molar-refractivity contribution in [2.24, 2.45) is 5.92 Å². The van der Waals surface area contributed by atoms with Gasteiger partial charge in [0.15, 0.2) is 0 Å². The van der Waals surface area contributed by atoms with E-state index in [1.807, 2.05) is 0 Å². The van der Waals surface area contributed by atoms with E-state index in [4.69, 9.17) is 5.11 Å². The van der Waals surface area contributed by atoms with Gasteiger partial charge in [-0.3, -0.25) is 4.79 Å². The third-order valence-electron chi connectivity index (χ3n) is 2.98. The number of hydrogen-bond acceptors (Lipinski definition) is 2. The molecule has 5 heteroatoms. The Hall–Kier alpha value is -1.91. The molecule has 18 heavy (non-hydrogen) atoms. The zero-order valence-electron chi connectivity index (χ0n) is 9.73. The minimum atomic E-state index is -1.03. The van der Waals surface area contributed by atoms with Crippen LogP contribution in [-0.4, -0.2) is 23.0 Å². The SMILES string of the molecule is O=C(Cc1ccccc1F)NC(C(=O)O)C1CC1.